The molecule has 0 unspecified atom stereocenters. The molecule has 0 saturated heterocycles. The SMILES string of the molecule is Cn1ncc2c(N)nc(Cn3cccnc3=O)nc21. The van der Waals surface area contributed by atoms with Gasteiger partial charge >= 0.3 is 5.69 Å². The first kappa shape index (κ1) is 11.3. The van der Waals surface area contributed by atoms with E-state index in [4.69, 9.17) is 5.73 Å². The molecular formula is C11H11N7O. The number of nitrogens with zero attached hydrogens (tertiary/aromatic N) is 6. The molecule has 0 aliphatic rings. The first-order valence-electron chi connectivity index (χ1n) is 5.60. The second-order valence-corrected chi connectivity index (χ2v) is 4.06. The highest BCUT2D eigenvalue weighted by Crippen LogP contribution is 2.16. The van der Waals surface area contributed by atoms with Crippen molar-refractivity contribution in [3.05, 3.63) is 41.0 Å². The maximum Gasteiger partial charge on any atom is 0.347 e. The molecule has 0 aliphatic carbocycles. The Kier molecular flexibility index (Phi) is 2.48. The molecule has 0 atom stereocenters. The summed E-state index contributed by atoms with van der Waals surface area (Å²) in [5, 5.41) is 4.77. The van der Waals surface area contributed by atoms with E-state index in [0.29, 0.717) is 22.7 Å². The van der Waals surface area contributed by atoms with Crippen molar-refractivity contribution in [2.75, 3.05) is 5.73 Å². The van der Waals surface area contributed by atoms with Crippen molar-refractivity contribution in [1.29, 1.82) is 0 Å². The third-order valence-corrected chi connectivity index (χ3v) is 2.76. The number of fused-ring (bicyclic) bond motifs is 1. The quantitative estimate of drug-likeness (QED) is 0.666. The lowest BCUT2D eigenvalue weighted by atomic mass is 10.4. The maximum atomic E-state index is 11.5. The molecule has 0 spiro atoms. The van der Waals surface area contributed by atoms with Gasteiger partial charge < -0.3 is 5.73 Å². The highest BCUT2D eigenvalue weighted by molar-refractivity contribution is 5.84. The standard InChI is InChI=1S/C11H11N7O/c1-17-10-7(5-14-17)9(12)15-8(16-10)6-18-4-2-3-13-11(18)19/h2-5H,6H2,1H3,(H2,12,15,16). The van der Waals surface area contributed by atoms with Crippen molar-refractivity contribution in [2.45, 2.75) is 6.54 Å². The number of aromatic nitrogens is 6. The summed E-state index contributed by atoms with van der Waals surface area (Å²) in [6.07, 6.45) is 4.69. The molecule has 19 heavy (non-hydrogen) atoms. The summed E-state index contributed by atoms with van der Waals surface area (Å²) in [5.74, 6) is 0.800. The normalized spacial score (nSPS) is 11.0. The fourth-order valence-electron chi connectivity index (χ4n) is 1.82. The van der Waals surface area contributed by atoms with Crippen LogP contribution in [-0.4, -0.2) is 29.3 Å². The summed E-state index contributed by atoms with van der Waals surface area (Å²) in [6, 6.07) is 1.67. The fourth-order valence-corrected chi connectivity index (χ4v) is 1.82. The van der Waals surface area contributed by atoms with Crippen LogP contribution in [0.25, 0.3) is 11.0 Å². The second-order valence-electron chi connectivity index (χ2n) is 4.06. The lowest BCUT2D eigenvalue weighted by Crippen LogP contribution is -2.23. The minimum absolute atomic E-state index is 0.220. The van der Waals surface area contributed by atoms with E-state index in [1.807, 2.05) is 0 Å². The van der Waals surface area contributed by atoms with Gasteiger partial charge in [0.05, 0.1) is 18.1 Å². The van der Waals surface area contributed by atoms with Crippen molar-refractivity contribution >= 4 is 16.9 Å². The third kappa shape index (κ3) is 1.92. The van der Waals surface area contributed by atoms with Crippen LogP contribution in [0, 0.1) is 0 Å². The molecule has 3 heterocycles. The third-order valence-electron chi connectivity index (χ3n) is 2.76. The number of hydrogen-bond acceptors (Lipinski definition) is 6. The van der Waals surface area contributed by atoms with Crippen molar-refractivity contribution in [3.8, 4) is 0 Å². The molecule has 0 saturated carbocycles. The zero-order valence-corrected chi connectivity index (χ0v) is 10.2. The molecule has 96 valence electrons. The van der Waals surface area contributed by atoms with E-state index in [-0.39, 0.29) is 12.2 Å². The number of hydrogen-bond donors (Lipinski definition) is 1. The molecule has 8 nitrogen and oxygen atoms in total. The van der Waals surface area contributed by atoms with E-state index in [1.165, 1.54) is 10.8 Å². The van der Waals surface area contributed by atoms with Gasteiger partial charge in [-0.15, -0.1) is 0 Å². The van der Waals surface area contributed by atoms with Gasteiger partial charge in [-0.05, 0) is 6.07 Å². The zero-order valence-electron chi connectivity index (χ0n) is 10.2. The van der Waals surface area contributed by atoms with Gasteiger partial charge in [0.1, 0.15) is 5.82 Å². The van der Waals surface area contributed by atoms with Crippen molar-refractivity contribution < 1.29 is 0 Å². The minimum Gasteiger partial charge on any atom is -0.383 e. The van der Waals surface area contributed by atoms with Crippen LogP contribution in [0.1, 0.15) is 5.82 Å². The van der Waals surface area contributed by atoms with Crippen molar-refractivity contribution in [3.63, 3.8) is 0 Å². The highest BCUT2D eigenvalue weighted by Gasteiger charge is 2.09. The van der Waals surface area contributed by atoms with Gasteiger partial charge in [-0.25, -0.2) is 19.7 Å². The molecule has 0 fully saturated rings. The number of nitrogens with two attached hydrogens (primary N) is 1. The summed E-state index contributed by atoms with van der Waals surface area (Å²) in [5.41, 5.74) is 6.14. The van der Waals surface area contributed by atoms with Crippen LogP contribution in [0.3, 0.4) is 0 Å². The first-order chi connectivity index (χ1) is 9.15. The Labute approximate surface area is 107 Å². The second kappa shape index (κ2) is 4.16. The number of anilines is 1. The zero-order chi connectivity index (χ0) is 13.4. The van der Waals surface area contributed by atoms with E-state index >= 15 is 0 Å². The average molecular weight is 257 g/mol. The Morgan fingerprint density at radius 3 is 3.00 bits per heavy atom. The summed E-state index contributed by atoms with van der Waals surface area (Å²) >= 11 is 0. The van der Waals surface area contributed by atoms with E-state index in [1.54, 1.807) is 30.2 Å². The molecule has 3 aromatic rings. The van der Waals surface area contributed by atoms with Crippen molar-refractivity contribution in [2.24, 2.45) is 7.05 Å². The fraction of sp³-hybridized carbons (Fsp3) is 0.182. The van der Waals surface area contributed by atoms with Gasteiger partial charge in [0, 0.05) is 19.4 Å². The highest BCUT2D eigenvalue weighted by atomic mass is 16.1. The van der Waals surface area contributed by atoms with Crippen LogP contribution in [0.2, 0.25) is 0 Å². The molecule has 3 aromatic heterocycles. The number of aryl methyl sites for hydroxylation is 1. The summed E-state index contributed by atoms with van der Waals surface area (Å²) in [6.45, 7) is 0.220. The lowest BCUT2D eigenvalue weighted by Gasteiger charge is -2.05. The average Bonchev–Trinajstić information content (AvgIpc) is 2.75. The van der Waals surface area contributed by atoms with E-state index in [0.717, 1.165) is 0 Å². The molecule has 3 rings (SSSR count). The molecule has 0 aromatic carbocycles. The first-order valence-corrected chi connectivity index (χ1v) is 5.60. The maximum absolute atomic E-state index is 11.5. The van der Waals surface area contributed by atoms with Gasteiger partial charge in [0.15, 0.2) is 11.5 Å². The Morgan fingerprint density at radius 2 is 2.21 bits per heavy atom. The Balaban J connectivity index is 2.09. The molecule has 0 bridgehead atoms. The molecule has 0 radical (unpaired) electrons. The Hall–Kier alpha value is -2.77. The van der Waals surface area contributed by atoms with Crippen LogP contribution in [0.15, 0.2) is 29.5 Å². The summed E-state index contributed by atoms with van der Waals surface area (Å²) in [4.78, 5) is 23.7. The molecule has 0 amide bonds. The van der Waals surface area contributed by atoms with Crippen molar-refractivity contribution in [1.82, 2.24) is 29.3 Å². The predicted molar refractivity (Wildman–Crippen MR) is 68.3 cm³/mol. The monoisotopic (exact) mass is 257 g/mol. The molecule has 8 heteroatoms. The largest absolute Gasteiger partial charge is 0.383 e. The van der Waals surface area contributed by atoms with Gasteiger partial charge in [0.25, 0.3) is 0 Å². The van der Waals surface area contributed by atoms with Crippen LogP contribution in [-0.2, 0) is 13.6 Å². The smallest absolute Gasteiger partial charge is 0.347 e. The lowest BCUT2D eigenvalue weighted by molar-refractivity contribution is 0.689. The molecule has 2 N–H and O–H groups in total. The van der Waals surface area contributed by atoms with E-state index in [9.17, 15) is 4.79 Å². The van der Waals surface area contributed by atoms with Crippen LogP contribution in [0.5, 0.6) is 0 Å². The van der Waals surface area contributed by atoms with Gasteiger partial charge in [-0.1, -0.05) is 0 Å². The van der Waals surface area contributed by atoms with Crippen LogP contribution >= 0.6 is 0 Å². The molecular weight excluding hydrogens is 246 g/mol. The topological polar surface area (TPSA) is 105 Å². The van der Waals surface area contributed by atoms with Gasteiger partial charge in [-0.3, -0.25) is 9.25 Å². The molecule has 0 aliphatic heterocycles. The van der Waals surface area contributed by atoms with Crippen LogP contribution < -0.4 is 11.4 Å². The summed E-state index contributed by atoms with van der Waals surface area (Å²) in [7, 11) is 1.77. The van der Waals surface area contributed by atoms with Crippen LogP contribution in [0.4, 0.5) is 5.82 Å². The minimum atomic E-state index is -0.352. The Morgan fingerprint density at radius 1 is 1.37 bits per heavy atom. The predicted octanol–water partition coefficient (Wildman–Crippen LogP) is -0.450. The number of nitrogen functional groups attached to an aromatic ring is 1. The van der Waals surface area contributed by atoms with E-state index < -0.39 is 0 Å². The summed E-state index contributed by atoms with van der Waals surface area (Å²) < 4.78 is 3.03. The van der Waals surface area contributed by atoms with E-state index in [2.05, 4.69) is 20.1 Å². The van der Waals surface area contributed by atoms with Gasteiger partial charge in [0.2, 0.25) is 0 Å². The number of rotatable bonds is 2. The Bertz CT molecular complexity index is 804. The van der Waals surface area contributed by atoms with Gasteiger partial charge in [-0.2, -0.15) is 5.10 Å².